The zero-order valence-corrected chi connectivity index (χ0v) is 18.0. The Morgan fingerprint density at radius 1 is 1.16 bits per heavy atom. The molecular weight excluding hydrogens is 440 g/mol. The van der Waals surface area contributed by atoms with Crippen molar-refractivity contribution < 1.29 is 27.8 Å². The van der Waals surface area contributed by atoms with Gasteiger partial charge in [0, 0.05) is 18.0 Å². The summed E-state index contributed by atoms with van der Waals surface area (Å²) in [7, 11) is 0. The molecule has 1 aliphatic heterocycles. The van der Waals surface area contributed by atoms with Crippen LogP contribution >= 0.6 is 11.6 Å². The molecule has 4 aliphatic rings. The molecule has 2 aromatic carbocycles. The second kappa shape index (κ2) is 7.73. The number of carbonyl (C=O) groups is 2. The highest BCUT2D eigenvalue weighted by Gasteiger charge is 2.68. The summed E-state index contributed by atoms with van der Waals surface area (Å²) in [6.45, 7) is -0.127. The van der Waals surface area contributed by atoms with Gasteiger partial charge in [-0.05, 0) is 73.4 Å². The van der Waals surface area contributed by atoms with Gasteiger partial charge in [-0.25, -0.2) is 8.78 Å². The molecule has 1 atom stereocenters. The first-order valence-electron chi connectivity index (χ1n) is 10.6. The van der Waals surface area contributed by atoms with E-state index < -0.39 is 11.9 Å². The van der Waals surface area contributed by atoms with Gasteiger partial charge in [0.2, 0.25) is 0 Å². The maximum absolute atomic E-state index is 13.5. The minimum Gasteiger partial charge on any atom is -0.486 e. The fraction of sp³-hybridized carbons (Fsp3) is 0.417. The predicted molar refractivity (Wildman–Crippen MR) is 113 cm³/mol. The van der Waals surface area contributed by atoms with Crippen molar-refractivity contribution in [1.82, 2.24) is 5.32 Å². The van der Waals surface area contributed by atoms with E-state index in [0.29, 0.717) is 25.0 Å². The van der Waals surface area contributed by atoms with Gasteiger partial charge < -0.3 is 14.8 Å². The van der Waals surface area contributed by atoms with Gasteiger partial charge in [0.15, 0.2) is 11.9 Å². The monoisotopic (exact) mass is 461 g/mol. The van der Waals surface area contributed by atoms with Crippen molar-refractivity contribution in [3.8, 4) is 11.5 Å². The highest BCUT2D eigenvalue weighted by Crippen LogP contribution is 2.69. The molecule has 0 saturated heterocycles. The third-order valence-electron chi connectivity index (χ3n) is 6.65. The molecular formula is C24H22ClF2NO4. The van der Waals surface area contributed by atoms with Crippen molar-refractivity contribution >= 4 is 23.3 Å². The molecule has 1 N–H and O–H groups in total. The highest BCUT2D eigenvalue weighted by atomic mass is 35.5. The van der Waals surface area contributed by atoms with Gasteiger partial charge in [-0.3, -0.25) is 9.59 Å². The van der Waals surface area contributed by atoms with Gasteiger partial charge >= 0.3 is 0 Å². The quantitative estimate of drug-likeness (QED) is 0.664. The summed E-state index contributed by atoms with van der Waals surface area (Å²) in [5.41, 5.74) is 0.432. The topological polar surface area (TPSA) is 64.6 Å². The third-order valence-corrected chi connectivity index (χ3v) is 6.96. The fourth-order valence-corrected chi connectivity index (χ4v) is 5.52. The number of benzene rings is 2. The molecule has 0 spiro atoms. The molecule has 1 heterocycles. The van der Waals surface area contributed by atoms with Crippen LogP contribution in [0.25, 0.3) is 0 Å². The number of Topliss-reactive ketones (excluding diaryl/α,β-unsaturated/α-hetero) is 1. The number of ether oxygens (including phenoxy) is 2. The normalized spacial score (nSPS) is 27.3. The first kappa shape index (κ1) is 21.2. The first-order valence-corrected chi connectivity index (χ1v) is 11.0. The molecule has 0 aromatic heterocycles. The Morgan fingerprint density at radius 3 is 2.69 bits per heavy atom. The van der Waals surface area contributed by atoms with Crippen LogP contribution in [0.15, 0.2) is 36.4 Å². The van der Waals surface area contributed by atoms with Crippen LogP contribution in [-0.2, 0) is 16.0 Å². The minimum absolute atomic E-state index is 0.00150. The van der Waals surface area contributed by atoms with Gasteiger partial charge in [-0.1, -0.05) is 11.6 Å². The molecule has 2 aromatic rings. The maximum Gasteiger partial charge on any atom is 0.261 e. The number of nitrogens with one attached hydrogen (secondary N) is 1. The van der Waals surface area contributed by atoms with Crippen LogP contribution in [0, 0.1) is 17.0 Å². The molecule has 168 valence electrons. The summed E-state index contributed by atoms with van der Waals surface area (Å²) in [4.78, 5) is 25.0. The van der Waals surface area contributed by atoms with E-state index in [9.17, 15) is 18.4 Å². The number of fused-ring (bicyclic) bond motifs is 1. The van der Waals surface area contributed by atoms with Crippen LogP contribution in [0.1, 0.15) is 37.7 Å². The number of amides is 1. The Morgan fingerprint density at radius 2 is 1.94 bits per heavy atom. The van der Waals surface area contributed by atoms with Crippen LogP contribution < -0.4 is 14.8 Å². The summed E-state index contributed by atoms with van der Waals surface area (Å²) in [5.74, 6) is -0.301. The number of halogens is 3. The second-order valence-electron chi connectivity index (χ2n) is 9.28. The van der Waals surface area contributed by atoms with Gasteiger partial charge in [-0.15, -0.1) is 0 Å². The molecule has 3 aliphatic carbocycles. The zero-order valence-electron chi connectivity index (χ0n) is 17.3. The number of hydrogen-bond donors (Lipinski definition) is 1. The standard InChI is InChI=1S/C24H22ClF2NO4/c25-18-4-3-17(8-19(18)27)31-10-16(29)9-23-11-24(12-23,13-23)28-22(30)21-5-1-14-7-15(26)2-6-20(14)32-21/h2-4,6-8,21H,1,5,9-13H2,(H,28,30)/t21-,23?,24?/m0/s1. The molecule has 3 saturated carbocycles. The molecule has 0 radical (unpaired) electrons. The summed E-state index contributed by atoms with van der Waals surface area (Å²) in [5, 5.41) is 3.10. The molecule has 6 rings (SSSR count). The van der Waals surface area contributed by atoms with Crippen LogP contribution in [0.4, 0.5) is 8.78 Å². The molecule has 1 amide bonds. The van der Waals surface area contributed by atoms with E-state index in [0.717, 1.165) is 30.9 Å². The summed E-state index contributed by atoms with van der Waals surface area (Å²) >= 11 is 5.64. The lowest BCUT2D eigenvalue weighted by Crippen LogP contribution is -2.75. The number of aryl methyl sites for hydroxylation is 1. The molecule has 8 heteroatoms. The van der Waals surface area contributed by atoms with E-state index in [1.165, 1.54) is 24.3 Å². The molecule has 0 unspecified atom stereocenters. The average molecular weight is 462 g/mol. The van der Waals surface area contributed by atoms with Crippen molar-refractivity contribution in [2.45, 2.75) is 50.2 Å². The first-order chi connectivity index (χ1) is 15.2. The van der Waals surface area contributed by atoms with Crippen LogP contribution in [0.2, 0.25) is 5.02 Å². The predicted octanol–water partition coefficient (Wildman–Crippen LogP) is 4.39. The minimum atomic E-state index is -0.591. The van der Waals surface area contributed by atoms with E-state index >= 15 is 0 Å². The van der Waals surface area contributed by atoms with E-state index in [2.05, 4.69) is 5.32 Å². The largest absolute Gasteiger partial charge is 0.486 e. The van der Waals surface area contributed by atoms with Crippen molar-refractivity contribution in [1.29, 1.82) is 0 Å². The van der Waals surface area contributed by atoms with E-state index in [1.54, 1.807) is 6.07 Å². The van der Waals surface area contributed by atoms with Crippen LogP contribution in [0.3, 0.4) is 0 Å². The highest BCUT2D eigenvalue weighted by molar-refractivity contribution is 6.30. The lowest BCUT2D eigenvalue weighted by molar-refractivity contribution is -0.175. The Bertz CT molecular complexity index is 1090. The molecule has 3 fully saturated rings. The van der Waals surface area contributed by atoms with E-state index in [-0.39, 0.29) is 45.8 Å². The fourth-order valence-electron chi connectivity index (χ4n) is 5.40. The third kappa shape index (κ3) is 3.94. The molecule has 2 bridgehead atoms. The Hall–Kier alpha value is -2.67. The lowest BCUT2D eigenvalue weighted by atomic mass is 9.38. The van der Waals surface area contributed by atoms with Gasteiger partial charge in [-0.2, -0.15) is 0 Å². The van der Waals surface area contributed by atoms with Gasteiger partial charge in [0.1, 0.15) is 29.7 Å². The Balaban J connectivity index is 1.08. The number of hydrogen-bond acceptors (Lipinski definition) is 4. The van der Waals surface area contributed by atoms with E-state index in [4.69, 9.17) is 21.1 Å². The van der Waals surface area contributed by atoms with Gasteiger partial charge in [0.25, 0.3) is 5.91 Å². The number of carbonyl (C=O) groups excluding carboxylic acids is 2. The van der Waals surface area contributed by atoms with Crippen LogP contribution in [-0.4, -0.2) is 29.9 Å². The molecule has 5 nitrogen and oxygen atoms in total. The lowest BCUT2D eigenvalue weighted by Gasteiger charge is -2.70. The molecule has 32 heavy (non-hydrogen) atoms. The summed E-state index contributed by atoms with van der Waals surface area (Å²) in [6, 6.07) is 8.39. The maximum atomic E-state index is 13.5. The van der Waals surface area contributed by atoms with Crippen LogP contribution in [0.5, 0.6) is 11.5 Å². The SMILES string of the molecule is O=C(COc1ccc(Cl)c(F)c1)CC12CC(NC(=O)[C@@H]3CCc4cc(F)ccc4O3)(C1)C2. The number of ketones is 1. The summed E-state index contributed by atoms with van der Waals surface area (Å²) in [6.07, 6.45) is 3.14. The van der Waals surface area contributed by atoms with E-state index in [1.807, 2.05) is 0 Å². The smallest absolute Gasteiger partial charge is 0.261 e. The second-order valence-corrected chi connectivity index (χ2v) is 9.68. The van der Waals surface area contributed by atoms with Crippen molar-refractivity contribution in [2.24, 2.45) is 5.41 Å². The Kier molecular flexibility index (Phi) is 5.12. The zero-order chi connectivity index (χ0) is 22.5. The average Bonchev–Trinajstić information content (AvgIpc) is 2.71. The van der Waals surface area contributed by atoms with Crippen molar-refractivity contribution in [3.05, 3.63) is 58.6 Å². The number of rotatable bonds is 7. The van der Waals surface area contributed by atoms with Crippen molar-refractivity contribution in [3.63, 3.8) is 0 Å². The van der Waals surface area contributed by atoms with Crippen molar-refractivity contribution in [2.75, 3.05) is 6.61 Å². The summed E-state index contributed by atoms with van der Waals surface area (Å²) < 4.78 is 38.0. The Labute approximate surface area is 189 Å². The van der Waals surface area contributed by atoms with Gasteiger partial charge in [0.05, 0.1) is 5.02 Å².